The number of carbonyl (C=O) groups is 2. The Hall–Kier alpha value is -2.49. The van der Waals surface area contributed by atoms with Crippen LogP contribution in [0.1, 0.15) is 28.8 Å². The van der Waals surface area contributed by atoms with Crippen molar-refractivity contribution in [3.05, 3.63) is 65.5 Å². The molecule has 1 amide bonds. The lowest BCUT2D eigenvalue weighted by molar-refractivity contribution is -0.116. The van der Waals surface area contributed by atoms with E-state index in [2.05, 4.69) is 5.32 Å². The van der Waals surface area contributed by atoms with Crippen molar-refractivity contribution in [3.63, 3.8) is 0 Å². The third kappa shape index (κ3) is 4.24. The smallest absolute Gasteiger partial charge is 0.224 e. The van der Waals surface area contributed by atoms with Gasteiger partial charge in [-0.3, -0.25) is 9.59 Å². The Kier molecular flexibility index (Phi) is 4.82. The molecule has 0 spiro atoms. The molecular formula is C17H16FNO2. The molecule has 0 atom stereocenters. The van der Waals surface area contributed by atoms with E-state index in [-0.39, 0.29) is 30.2 Å². The number of Topliss-reactive ketones (excluding diaryl/α,β-unsaturated/α-hetero) is 1. The van der Waals surface area contributed by atoms with Gasteiger partial charge in [0.15, 0.2) is 5.78 Å². The number of carbonyl (C=O) groups excluding carboxylic acids is 2. The molecule has 0 aliphatic heterocycles. The average molecular weight is 285 g/mol. The van der Waals surface area contributed by atoms with Crippen molar-refractivity contribution in [2.24, 2.45) is 0 Å². The van der Waals surface area contributed by atoms with E-state index in [0.717, 1.165) is 5.56 Å². The second kappa shape index (κ2) is 6.79. The summed E-state index contributed by atoms with van der Waals surface area (Å²) >= 11 is 0. The van der Waals surface area contributed by atoms with Crippen molar-refractivity contribution >= 4 is 17.4 Å². The molecule has 0 bridgehead atoms. The Morgan fingerprint density at radius 2 is 1.76 bits per heavy atom. The van der Waals surface area contributed by atoms with E-state index < -0.39 is 5.82 Å². The molecule has 0 aromatic heterocycles. The van der Waals surface area contributed by atoms with Crippen molar-refractivity contribution < 1.29 is 14.0 Å². The van der Waals surface area contributed by atoms with Gasteiger partial charge in [0.25, 0.3) is 0 Å². The van der Waals surface area contributed by atoms with Gasteiger partial charge in [0, 0.05) is 18.4 Å². The van der Waals surface area contributed by atoms with E-state index in [9.17, 15) is 14.0 Å². The van der Waals surface area contributed by atoms with E-state index >= 15 is 0 Å². The molecule has 1 N–H and O–H groups in total. The summed E-state index contributed by atoms with van der Waals surface area (Å²) in [4.78, 5) is 23.6. The summed E-state index contributed by atoms with van der Waals surface area (Å²) in [6.07, 6.45) is 0.129. The van der Waals surface area contributed by atoms with Crippen LogP contribution in [-0.2, 0) is 4.79 Å². The van der Waals surface area contributed by atoms with Crippen LogP contribution in [-0.4, -0.2) is 11.7 Å². The summed E-state index contributed by atoms with van der Waals surface area (Å²) in [5.74, 6) is -0.949. The summed E-state index contributed by atoms with van der Waals surface area (Å²) in [5, 5.41) is 2.48. The first-order chi connectivity index (χ1) is 10.1. The number of anilines is 1. The highest BCUT2D eigenvalue weighted by Gasteiger charge is 2.11. The maximum atomic E-state index is 13.6. The monoisotopic (exact) mass is 285 g/mol. The summed E-state index contributed by atoms with van der Waals surface area (Å²) in [6.45, 7) is 1.77. The second-order valence-electron chi connectivity index (χ2n) is 4.82. The SMILES string of the molecule is Cc1ccc(NC(=O)CCC(=O)c2ccccc2)c(F)c1. The number of halogens is 1. The predicted octanol–water partition coefficient (Wildman–Crippen LogP) is 3.74. The van der Waals surface area contributed by atoms with E-state index in [1.807, 2.05) is 6.07 Å². The Balaban J connectivity index is 1.89. The number of rotatable bonds is 5. The molecule has 108 valence electrons. The van der Waals surface area contributed by atoms with Gasteiger partial charge in [-0.2, -0.15) is 0 Å². The first-order valence-corrected chi connectivity index (χ1v) is 6.70. The zero-order chi connectivity index (χ0) is 15.2. The molecule has 0 aliphatic rings. The van der Waals surface area contributed by atoms with Gasteiger partial charge in [-0.15, -0.1) is 0 Å². The first kappa shape index (κ1) is 14.9. The molecular weight excluding hydrogens is 269 g/mol. The van der Waals surface area contributed by atoms with Crippen LogP contribution in [0.3, 0.4) is 0 Å². The van der Waals surface area contributed by atoms with Crippen molar-refractivity contribution in [2.45, 2.75) is 19.8 Å². The molecule has 0 fully saturated rings. The second-order valence-corrected chi connectivity index (χ2v) is 4.82. The zero-order valence-corrected chi connectivity index (χ0v) is 11.7. The quantitative estimate of drug-likeness (QED) is 0.851. The maximum absolute atomic E-state index is 13.6. The number of hydrogen-bond donors (Lipinski definition) is 1. The summed E-state index contributed by atoms with van der Waals surface area (Å²) in [7, 11) is 0. The fraction of sp³-hybridized carbons (Fsp3) is 0.176. The summed E-state index contributed by atoms with van der Waals surface area (Å²) in [5.41, 5.74) is 1.49. The molecule has 0 unspecified atom stereocenters. The third-order valence-corrected chi connectivity index (χ3v) is 3.07. The van der Waals surface area contributed by atoms with E-state index in [0.29, 0.717) is 5.56 Å². The topological polar surface area (TPSA) is 46.2 Å². The van der Waals surface area contributed by atoms with Gasteiger partial charge < -0.3 is 5.32 Å². The molecule has 0 aliphatic carbocycles. The number of nitrogens with one attached hydrogen (secondary N) is 1. The average Bonchev–Trinajstić information content (AvgIpc) is 2.48. The molecule has 0 radical (unpaired) electrons. The molecule has 2 aromatic carbocycles. The highest BCUT2D eigenvalue weighted by Crippen LogP contribution is 2.16. The van der Waals surface area contributed by atoms with Crippen LogP contribution in [0.2, 0.25) is 0 Å². The van der Waals surface area contributed by atoms with E-state index in [1.165, 1.54) is 12.1 Å². The number of aryl methyl sites for hydroxylation is 1. The predicted molar refractivity (Wildman–Crippen MR) is 79.8 cm³/mol. The number of benzene rings is 2. The molecule has 21 heavy (non-hydrogen) atoms. The van der Waals surface area contributed by atoms with Crippen LogP contribution in [0.4, 0.5) is 10.1 Å². The standard InChI is InChI=1S/C17H16FNO2/c1-12-7-8-15(14(18)11-12)19-17(21)10-9-16(20)13-5-3-2-4-6-13/h2-8,11H,9-10H2,1H3,(H,19,21). The molecule has 0 saturated heterocycles. The lowest BCUT2D eigenvalue weighted by Gasteiger charge is -2.07. The van der Waals surface area contributed by atoms with E-state index in [4.69, 9.17) is 0 Å². The molecule has 2 aromatic rings. The summed E-state index contributed by atoms with van der Waals surface area (Å²) in [6, 6.07) is 13.4. The molecule has 3 nitrogen and oxygen atoms in total. The minimum atomic E-state index is -0.474. The highest BCUT2D eigenvalue weighted by molar-refractivity contribution is 5.99. The van der Waals surface area contributed by atoms with Crippen LogP contribution in [0.25, 0.3) is 0 Å². The van der Waals surface area contributed by atoms with E-state index in [1.54, 1.807) is 37.3 Å². The van der Waals surface area contributed by atoms with Crippen molar-refractivity contribution in [1.29, 1.82) is 0 Å². The van der Waals surface area contributed by atoms with Crippen molar-refractivity contribution in [1.82, 2.24) is 0 Å². The molecule has 0 saturated carbocycles. The Morgan fingerprint density at radius 3 is 2.43 bits per heavy atom. The number of amides is 1. The Bertz CT molecular complexity index is 653. The fourth-order valence-corrected chi connectivity index (χ4v) is 1.93. The minimum absolute atomic E-state index is 0.0288. The maximum Gasteiger partial charge on any atom is 0.224 e. The first-order valence-electron chi connectivity index (χ1n) is 6.70. The third-order valence-electron chi connectivity index (χ3n) is 3.07. The Labute approximate surface area is 122 Å². The van der Waals surface area contributed by atoms with Crippen LogP contribution in [0.15, 0.2) is 48.5 Å². The lowest BCUT2D eigenvalue weighted by Crippen LogP contribution is -2.14. The van der Waals surface area contributed by atoms with Gasteiger partial charge in [0.05, 0.1) is 5.69 Å². The normalized spacial score (nSPS) is 10.2. The van der Waals surface area contributed by atoms with Gasteiger partial charge in [0.1, 0.15) is 5.82 Å². The molecule has 2 rings (SSSR count). The van der Waals surface area contributed by atoms with Gasteiger partial charge in [0.2, 0.25) is 5.91 Å². The van der Waals surface area contributed by atoms with Gasteiger partial charge in [-0.1, -0.05) is 36.4 Å². The number of ketones is 1. The minimum Gasteiger partial charge on any atom is -0.324 e. The largest absolute Gasteiger partial charge is 0.324 e. The van der Waals surface area contributed by atoms with Crippen molar-refractivity contribution in [3.8, 4) is 0 Å². The van der Waals surface area contributed by atoms with Crippen LogP contribution in [0, 0.1) is 12.7 Å². The lowest BCUT2D eigenvalue weighted by atomic mass is 10.1. The van der Waals surface area contributed by atoms with Gasteiger partial charge in [-0.05, 0) is 24.6 Å². The van der Waals surface area contributed by atoms with Crippen molar-refractivity contribution in [2.75, 3.05) is 5.32 Å². The highest BCUT2D eigenvalue weighted by atomic mass is 19.1. The molecule has 4 heteroatoms. The van der Waals surface area contributed by atoms with Crippen LogP contribution in [0.5, 0.6) is 0 Å². The van der Waals surface area contributed by atoms with Gasteiger partial charge >= 0.3 is 0 Å². The van der Waals surface area contributed by atoms with Crippen LogP contribution >= 0.6 is 0 Å². The zero-order valence-electron chi connectivity index (χ0n) is 11.7. The van der Waals surface area contributed by atoms with Crippen LogP contribution < -0.4 is 5.32 Å². The fourth-order valence-electron chi connectivity index (χ4n) is 1.93. The Morgan fingerprint density at radius 1 is 1.05 bits per heavy atom. The molecule has 0 heterocycles. The number of hydrogen-bond acceptors (Lipinski definition) is 2. The van der Waals surface area contributed by atoms with Gasteiger partial charge in [-0.25, -0.2) is 4.39 Å². The summed E-state index contributed by atoms with van der Waals surface area (Å²) < 4.78 is 13.6.